The highest BCUT2D eigenvalue weighted by atomic mass is 35.5. The molecule has 0 aliphatic rings. The van der Waals surface area contributed by atoms with E-state index in [2.05, 4.69) is 10.5 Å². The highest BCUT2D eigenvalue weighted by Gasteiger charge is 2.08. The number of anilines is 1. The molecule has 0 aliphatic carbocycles. The number of hydrogen-bond donors (Lipinski definition) is 2. The normalized spacial score (nSPS) is 10.6. The van der Waals surface area contributed by atoms with Gasteiger partial charge in [-0.05, 0) is 42.3 Å². The number of oxime groups is 1. The van der Waals surface area contributed by atoms with Crippen molar-refractivity contribution in [2.24, 2.45) is 5.16 Å². The molecule has 22 heavy (non-hydrogen) atoms. The summed E-state index contributed by atoms with van der Waals surface area (Å²) < 4.78 is 5.39. The summed E-state index contributed by atoms with van der Waals surface area (Å²) in [6, 6.07) is 12.3. The Morgan fingerprint density at radius 3 is 2.82 bits per heavy atom. The Bertz CT molecular complexity index is 702. The Kier molecular flexibility index (Phi) is 5.38. The molecule has 5 nitrogen and oxygen atoms in total. The average molecular weight is 319 g/mol. The molecule has 2 N–H and O–H groups in total. The number of rotatable bonds is 5. The summed E-state index contributed by atoms with van der Waals surface area (Å²) in [6.07, 6.45) is 1.25. The summed E-state index contributed by atoms with van der Waals surface area (Å²) in [7, 11) is 0. The molecular weight excluding hydrogens is 304 g/mol. The van der Waals surface area contributed by atoms with Crippen molar-refractivity contribution in [2.45, 2.75) is 6.92 Å². The number of hydrogen-bond acceptors (Lipinski definition) is 4. The van der Waals surface area contributed by atoms with Gasteiger partial charge in [0.25, 0.3) is 5.91 Å². The van der Waals surface area contributed by atoms with Crippen LogP contribution in [0.15, 0.2) is 47.6 Å². The molecule has 0 saturated heterocycles. The predicted molar refractivity (Wildman–Crippen MR) is 86.1 cm³/mol. The molecule has 0 saturated carbocycles. The van der Waals surface area contributed by atoms with Crippen molar-refractivity contribution in [3.8, 4) is 5.75 Å². The highest BCUT2D eigenvalue weighted by Crippen LogP contribution is 2.25. The summed E-state index contributed by atoms with van der Waals surface area (Å²) in [5, 5.41) is 14.5. The SMILES string of the molecule is Cc1ccccc1NC(=O)COc1ccc(/C=N/O)cc1Cl. The number of nitrogens with zero attached hydrogens (tertiary/aromatic N) is 1. The van der Waals surface area contributed by atoms with Gasteiger partial charge < -0.3 is 15.3 Å². The van der Waals surface area contributed by atoms with Crippen LogP contribution in [0.25, 0.3) is 0 Å². The first kappa shape index (κ1) is 15.9. The smallest absolute Gasteiger partial charge is 0.262 e. The number of amides is 1. The van der Waals surface area contributed by atoms with Crippen molar-refractivity contribution in [1.29, 1.82) is 0 Å². The standard InChI is InChI=1S/C16H15ClN2O3/c1-11-4-2-3-5-14(11)19-16(20)10-22-15-7-6-12(9-18-21)8-13(15)17/h2-9,21H,10H2,1H3,(H,19,20)/b18-9+. The maximum absolute atomic E-state index is 11.9. The number of benzene rings is 2. The van der Waals surface area contributed by atoms with Crippen LogP contribution in [0.2, 0.25) is 5.02 Å². The first-order chi connectivity index (χ1) is 10.6. The van der Waals surface area contributed by atoms with E-state index in [0.29, 0.717) is 16.3 Å². The van der Waals surface area contributed by atoms with E-state index in [1.807, 2.05) is 31.2 Å². The third-order valence-electron chi connectivity index (χ3n) is 2.94. The Hall–Kier alpha value is -2.53. The van der Waals surface area contributed by atoms with Gasteiger partial charge in [0.1, 0.15) is 5.75 Å². The molecule has 1 amide bonds. The topological polar surface area (TPSA) is 70.9 Å². The molecule has 0 bridgehead atoms. The van der Waals surface area contributed by atoms with Gasteiger partial charge in [0.15, 0.2) is 6.61 Å². The number of aryl methyl sites for hydroxylation is 1. The van der Waals surface area contributed by atoms with Crippen molar-refractivity contribution >= 4 is 29.4 Å². The predicted octanol–water partition coefficient (Wildman–Crippen LogP) is 3.47. The highest BCUT2D eigenvalue weighted by molar-refractivity contribution is 6.32. The fraction of sp³-hybridized carbons (Fsp3) is 0.125. The van der Waals surface area contributed by atoms with Crippen molar-refractivity contribution < 1.29 is 14.7 Å². The second-order valence-electron chi connectivity index (χ2n) is 4.59. The molecule has 114 valence electrons. The molecule has 0 spiro atoms. The van der Waals surface area contributed by atoms with Gasteiger partial charge in [-0.1, -0.05) is 35.0 Å². The summed E-state index contributed by atoms with van der Waals surface area (Å²) in [4.78, 5) is 11.9. The average Bonchev–Trinajstić information content (AvgIpc) is 2.49. The van der Waals surface area contributed by atoms with E-state index in [4.69, 9.17) is 21.5 Å². The van der Waals surface area contributed by atoms with E-state index in [-0.39, 0.29) is 12.5 Å². The van der Waals surface area contributed by atoms with E-state index >= 15 is 0 Å². The lowest BCUT2D eigenvalue weighted by molar-refractivity contribution is -0.118. The molecule has 0 aromatic heterocycles. The zero-order valence-electron chi connectivity index (χ0n) is 11.9. The van der Waals surface area contributed by atoms with E-state index < -0.39 is 0 Å². The first-order valence-corrected chi connectivity index (χ1v) is 6.93. The summed E-state index contributed by atoms with van der Waals surface area (Å²) in [5.41, 5.74) is 2.35. The quantitative estimate of drug-likeness (QED) is 0.504. The molecular formula is C16H15ClN2O3. The number of halogens is 1. The molecule has 0 radical (unpaired) electrons. The minimum Gasteiger partial charge on any atom is -0.482 e. The Labute approximate surface area is 133 Å². The Balaban J connectivity index is 1.95. The molecule has 0 atom stereocenters. The van der Waals surface area contributed by atoms with Gasteiger partial charge in [-0.25, -0.2) is 0 Å². The van der Waals surface area contributed by atoms with Crippen molar-refractivity contribution in [1.82, 2.24) is 0 Å². The van der Waals surface area contributed by atoms with Gasteiger partial charge in [0.05, 0.1) is 11.2 Å². The van der Waals surface area contributed by atoms with Gasteiger partial charge in [-0.15, -0.1) is 0 Å². The zero-order valence-corrected chi connectivity index (χ0v) is 12.7. The molecule has 2 aromatic rings. The van der Waals surface area contributed by atoms with Crippen LogP contribution >= 0.6 is 11.6 Å². The van der Waals surface area contributed by atoms with Crippen LogP contribution in [0.5, 0.6) is 5.75 Å². The Morgan fingerprint density at radius 2 is 2.14 bits per heavy atom. The lowest BCUT2D eigenvalue weighted by atomic mass is 10.2. The zero-order chi connectivity index (χ0) is 15.9. The molecule has 2 aromatic carbocycles. The molecule has 6 heteroatoms. The van der Waals surface area contributed by atoms with Crippen LogP contribution < -0.4 is 10.1 Å². The van der Waals surface area contributed by atoms with Crippen molar-refractivity contribution in [3.05, 3.63) is 58.6 Å². The van der Waals surface area contributed by atoms with E-state index in [1.165, 1.54) is 6.21 Å². The molecule has 2 rings (SSSR count). The van der Waals surface area contributed by atoms with Crippen LogP contribution in [0.3, 0.4) is 0 Å². The lowest BCUT2D eigenvalue weighted by Gasteiger charge is -2.10. The molecule has 0 aliphatic heterocycles. The second kappa shape index (κ2) is 7.47. The summed E-state index contributed by atoms with van der Waals surface area (Å²) in [5.74, 6) is 0.114. The van der Waals surface area contributed by atoms with Gasteiger partial charge in [-0.2, -0.15) is 0 Å². The lowest BCUT2D eigenvalue weighted by Crippen LogP contribution is -2.20. The number of para-hydroxylation sites is 1. The molecule has 0 heterocycles. The number of carbonyl (C=O) groups is 1. The third-order valence-corrected chi connectivity index (χ3v) is 3.24. The number of nitrogens with one attached hydrogen (secondary N) is 1. The van der Waals surface area contributed by atoms with Crippen LogP contribution in [0.4, 0.5) is 5.69 Å². The van der Waals surface area contributed by atoms with Gasteiger partial charge in [0, 0.05) is 5.69 Å². The van der Waals surface area contributed by atoms with Crippen LogP contribution in [-0.4, -0.2) is 23.9 Å². The number of carbonyl (C=O) groups excluding carboxylic acids is 1. The maximum Gasteiger partial charge on any atom is 0.262 e. The Morgan fingerprint density at radius 1 is 1.36 bits per heavy atom. The second-order valence-corrected chi connectivity index (χ2v) is 4.99. The summed E-state index contributed by atoms with van der Waals surface area (Å²) in [6.45, 7) is 1.76. The van der Waals surface area contributed by atoms with Gasteiger partial charge in [0.2, 0.25) is 0 Å². The molecule has 0 unspecified atom stereocenters. The summed E-state index contributed by atoms with van der Waals surface area (Å²) >= 11 is 6.03. The van der Waals surface area contributed by atoms with Gasteiger partial charge >= 0.3 is 0 Å². The minimum atomic E-state index is -0.272. The van der Waals surface area contributed by atoms with Crippen LogP contribution in [0.1, 0.15) is 11.1 Å². The van der Waals surface area contributed by atoms with Crippen molar-refractivity contribution in [3.63, 3.8) is 0 Å². The van der Waals surface area contributed by atoms with E-state index in [0.717, 1.165) is 11.3 Å². The minimum absolute atomic E-state index is 0.151. The first-order valence-electron chi connectivity index (χ1n) is 6.55. The molecule has 0 fully saturated rings. The fourth-order valence-electron chi connectivity index (χ4n) is 1.82. The largest absolute Gasteiger partial charge is 0.482 e. The van der Waals surface area contributed by atoms with E-state index in [9.17, 15) is 4.79 Å². The van der Waals surface area contributed by atoms with Gasteiger partial charge in [-0.3, -0.25) is 4.79 Å². The fourth-order valence-corrected chi connectivity index (χ4v) is 2.07. The monoisotopic (exact) mass is 318 g/mol. The number of ether oxygens (including phenoxy) is 1. The van der Waals surface area contributed by atoms with Crippen LogP contribution in [-0.2, 0) is 4.79 Å². The van der Waals surface area contributed by atoms with Crippen molar-refractivity contribution in [2.75, 3.05) is 11.9 Å². The maximum atomic E-state index is 11.9. The van der Waals surface area contributed by atoms with Crippen LogP contribution in [0, 0.1) is 6.92 Å². The van der Waals surface area contributed by atoms with E-state index in [1.54, 1.807) is 18.2 Å². The third kappa shape index (κ3) is 4.23.